The molecule has 2 aromatic rings. The van der Waals surface area contributed by atoms with Gasteiger partial charge < -0.3 is 15.0 Å². The summed E-state index contributed by atoms with van der Waals surface area (Å²) in [5, 5.41) is 22.9. The van der Waals surface area contributed by atoms with Crippen molar-refractivity contribution in [1.82, 2.24) is 9.21 Å². The standard InChI is InChI=1S/C21H21N5O6S/c1-32-20-13-17(26(28)29)7-8-19(20)23-21(27)16(14-22)15-24-9-11-25(12-10-24)33(30,31)18-5-3-2-4-6-18/h2-8,13,15H,9-12H2,1H3,(H,23,27)/b16-15-. The fraction of sp³-hybridized carbons (Fsp3) is 0.238. The number of sulfonamides is 1. The Labute approximate surface area is 190 Å². The number of nitriles is 1. The van der Waals surface area contributed by atoms with Crippen molar-refractivity contribution in [1.29, 1.82) is 5.26 Å². The van der Waals surface area contributed by atoms with Crippen molar-refractivity contribution in [3.8, 4) is 11.8 Å². The van der Waals surface area contributed by atoms with E-state index in [1.807, 2.05) is 6.07 Å². The minimum absolute atomic E-state index is 0.0783. The van der Waals surface area contributed by atoms with Crippen LogP contribution in [0.5, 0.6) is 5.75 Å². The van der Waals surface area contributed by atoms with E-state index in [1.165, 1.54) is 41.9 Å². The third-order valence-electron chi connectivity index (χ3n) is 4.98. The van der Waals surface area contributed by atoms with E-state index in [1.54, 1.807) is 23.1 Å². The number of piperazine rings is 1. The van der Waals surface area contributed by atoms with Crippen LogP contribution in [0.25, 0.3) is 0 Å². The average Bonchev–Trinajstić information content (AvgIpc) is 2.83. The summed E-state index contributed by atoms with van der Waals surface area (Å²) >= 11 is 0. The van der Waals surface area contributed by atoms with Gasteiger partial charge in [-0.3, -0.25) is 14.9 Å². The van der Waals surface area contributed by atoms with Gasteiger partial charge in [-0.1, -0.05) is 18.2 Å². The molecule has 0 radical (unpaired) electrons. The Hall–Kier alpha value is -3.95. The fourth-order valence-corrected chi connectivity index (χ4v) is 4.67. The van der Waals surface area contributed by atoms with Gasteiger partial charge in [-0.05, 0) is 18.2 Å². The van der Waals surface area contributed by atoms with Gasteiger partial charge in [0.05, 0.1) is 28.7 Å². The summed E-state index contributed by atoms with van der Waals surface area (Å²) in [7, 11) is -2.31. The number of amides is 1. The van der Waals surface area contributed by atoms with Crippen LogP contribution in [0, 0.1) is 21.4 Å². The van der Waals surface area contributed by atoms with Crippen molar-refractivity contribution in [2.24, 2.45) is 0 Å². The predicted octanol–water partition coefficient (Wildman–Crippen LogP) is 1.96. The normalized spacial score (nSPS) is 14.9. The van der Waals surface area contributed by atoms with Crippen LogP contribution in [0.4, 0.5) is 11.4 Å². The van der Waals surface area contributed by atoms with E-state index in [2.05, 4.69) is 5.32 Å². The molecule has 1 amide bonds. The number of hydrogen-bond acceptors (Lipinski definition) is 8. The lowest BCUT2D eigenvalue weighted by Gasteiger charge is -2.33. The molecule has 11 nitrogen and oxygen atoms in total. The summed E-state index contributed by atoms with van der Waals surface area (Å²) in [4.78, 5) is 24.8. The highest BCUT2D eigenvalue weighted by molar-refractivity contribution is 7.89. The van der Waals surface area contributed by atoms with Gasteiger partial charge in [0.2, 0.25) is 10.0 Å². The van der Waals surface area contributed by atoms with Crippen molar-refractivity contribution in [3.63, 3.8) is 0 Å². The van der Waals surface area contributed by atoms with Crippen LogP contribution in [-0.4, -0.2) is 61.7 Å². The molecule has 3 rings (SSSR count). The first-order valence-corrected chi connectivity index (χ1v) is 11.2. The largest absolute Gasteiger partial charge is 0.494 e. The van der Waals surface area contributed by atoms with Gasteiger partial charge in [-0.25, -0.2) is 8.42 Å². The summed E-state index contributed by atoms with van der Waals surface area (Å²) < 4.78 is 31.9. The number of ether oxygens (including phenoxy) is 1. The summed E-state index contributed by atoms with van der Waals surface area (Å²) in [6.07, 6.45) is 1.37. The zero-order chi connectivity index (χ0) is 24.0. The molecule has 12 heteroatoms. The van der Waals surface area contributed by atoms with Crippen LogP contribution < -0.4 is 10.1 Å². The molecule has 1 saturated heterocycles. The number of hydrogen-bond donors (Lipinski definition) is 1. The number of nitro benzene ring substituents is 1. The van der Waals surface area contributed by atoms with Crippen LogP contribution in [0.15, 0.2) is 65.2 Å². The molecule has 0 unspecified atom stereocenters. The SMILES string of the molecule is COc1cc([N+](=O)[O-])ccc1NC(=O)/C(C#N)=C\N1CCN(S(=O)(=O)c2ccccc2)CC1. The summed E-state index contributed by atoms with van der Waals surface area (Å²) in [5.41, 5.74) is -0.230. The molecule has 33 heavy (non-hydrogen) atoms. The molecule has 1 N–H and O–H groups in total. The zero-order valence-corrected chi connectivity index (χ0v) is 18.5. The van der Waals surface area contributed by atoms with Crippen molar-refractivity contribution < 1.29 is 22.9 Å². The average molecular weight is 471 g/mol. The summed E-state index contributed by atoms with van der Waals surface area (Å²) in [6, 6.07) is 13.6. The fourth-order valence-electron chi connectivity index (χ4n) is 3.22. The van der Waals surface area contributed by atoms with Gasteiger partial charge in [0, 0.05) is 38.4 Å². The van der Waals surface area contributed by atoms with Crippen molar-refractivity contribution in [2.75, 3.05) is 38.6 Å². The topological polar surface area (TPSA) is 146 Å². The molecule has 0 aromatic heterocycles. The highest BCUT2D eigenvalue weighted by Crippen LogP contribution is 2.29. The highest BCUT2D eigenvalue weighted by Gasteiger charge is 2.28. The molecule has 1 aliphatic heterocycles. The minimum atomic E-state index is -3.61. The predicted molar refractivity (Wildman–Crippen MR) is 119 cm³/mol. The molecule has 1 heterocycles. The molecule has 0 saturated carbocycles. The first kappa shape index (κ1) is 23.7. The van der Waals surface area contributed by atoms with Crippen LogP contribution in [0.3, 0.4) is 0 Å². The molecule has 0 aliphatic carbocycles. The van der Waals surface area contributed by atoms with Crippen LogP contribution in [-0.2, 0) is 14.8 Å². The van der Waals surface area contributed by atoms with E-state index in [4.69, 9.17) is 4.74 Å². The summed E-state index contributed by atoms with van der Waals surface area (Å²) in [6.45, 7) is 0.991. The Morgan fingerprint density at radius 3 is 2.42 bits per heavy atom. The molecule has 1 fully saturated rings. The van der Waals surface area contributed by atoms with Crippen LogP contribution >= 0.6 is 0 Å². The third-order valence-corrected chi connectivity index (χ3v) is 6.89. The molecular weight excluding hydrogens is 450 g/mol. The third kappa shape index (κ3) is 5.46. The Morgan fingerprint density at radius 2 is 1.85 bits per heavy atom. The first-order chi connectivity index (χ1) is 15.8. The number of anilines is 1. The zero-order valence-electron chi connectivity index (χ0n) is 17.7. The number of carbonyl (C=O) groups is 1. The van der Waals surface area contributed by atoms with Crippen molar-refractivity contribution >= 4 is 27.3 Å². The first-order valence-electron chi connectivity index (χ1n) is 9.81. The van der Waals surface area contributed by atoms with Gasteiger partial charge in [0.25, 0.3) is 11.6 Å². The lowest BCUT2D eigenvalue weighted by atomic mass is 10.2. The van der Waals surface area contributed by atoms with Crippen molar-refractivity contribution in [2.45, 2.75) is 4.90 Å². The van der Waals surface area contributed by atoms with Crippen LogP contribution in [0.1, 0.15) is 0 Å². The van der Waals surface area contributed by atoms with E-state index in [-0.39, 0.29) is 40.7 Å². The second-order valence-electron chi connectivity index (χ2n) is 7.00. The quantitative estimate of drug-likeness (QED) is 0.279. The molecule has 0 bridgehead atoms. The number of non-ortho nitro benzene ring substituents is 1. The monoisotopic (exact) mass is 471 g/mol. The van der Waals surface area contributed by atoms with Crippen LogP contribution in [0.2, 0.25) is 0 Å². The second-order valence-corrected chi connectivity index (χ2v) is 8.94. The maximum atomic E-state index is 12.7. The smallest absolute Gasteiger partial charge is 0.273 e. The Morgan fingerprint density at radius 1 is 1.18 bits per heavy atom. The van der Waals surface area contributed by atoms with Gasteiger partial charge in [0.15, 0.2) is 0 Å². The van der Waals surface area contributed by atoms with Crippen molar-refractivity contribution in [3.05, 3.63) is 70.4 Å². The lowest BCUT2D eigenvalue weighted by Crippen LogP contribution is -2.46. The number of nitro groups is 1. The van der Waals surface area contributed by atoms with Gasteiger partial charge in [0.1, 0.15) is 17.4 Å². The highest BCUT2D eigenvalue weighted by atomic mass is 32.2. The van der Waals surface area contributed by atoms with E-state index in [0.29, 0.717) is 13.1 Å². The van der Waals surface area contributed by atoms with E-state index >= 15 is 0 Å². The minimum Gasteiger partial charge on any atom is -0.494 e. The van der Waals surface area contributed by atoms with Gasteiger partial charge >= 0.3 is 0 Å². The number of nitrogens with one attached hydrogen (secondary N) is 1. The molecular formula is C21H21N5O6S. The maximum Gasteiger partial charge on any atom is 0.273 e. The van der Waals surface area contributed by atoms with E-state index in [0.717, 1.165) is 6.07 Å². The number of methoxy groups -OCH3 is 1. The van der Waals surface area contributed by atoms with E-state index < -0.39 is 20.9 Å². The lowest BCUT2D eigenvalue weighted by molar-refractivity contribution is -0.384. The molecule has 172 valence electrons. The Balaban J connectivity index is 1.68. The number of benzene rings is 2. The maximum absolute atomic E-state index is 12.7. The molecule has 1 aliphatic rings. The second kappa shape index (κ2) is 10.1. The molecule has 2 aromatic carbocycles. The number of rotatable bonds is 7. The summed E-state index contributed by atoms with van der Waals surface area (Å²) in [5.74, 6) is -0.640. The Bertz CT molecular complexity index is 1220. The Kier molecular flexibility index (Phi) is 7.27. The molecule has 0 atom stereocenters. The van der Waals surface area contributed by atoms with Gasteiger partial charge in [-0.2, -0.15) is 9.57 Å². The molecule has 0 spiro atoms. The number of nitrogens with zero attached hydrogens (tertiary/aromatic N) is 4. The number of carbonyl (C=O) groups excluding carboxylic acids is 1. The van der Waals surface area contributed by atoms with E-state index in [9.17, 15) is 28.6 Å². The van der Waals surface area contributed by atoms with Gasteiger partial charge in [-0.15, -0.1) is 0 Å².